The highest BCUT2D eigenvalue weighted by molar-refractivity contribution is 6.15. The van der Waals surface area contributed by atoms with Crippen LogP contribution in [0.25, 0.3) is 0 Å². The van der Waals surface area contributed by atoms with Crippen LogP contribution in [0.15, 0.2) is 30.3 Å². The molecule has 0 unspecified atom stereocenters. The second kappa shape index (κ2) is 6.63. The minimum absolute atomic E-state index is 0.147. The van der Waals surface area contributed by atoms with Crippen LogP contribution in [0.3, 0.4) is 0 Å². The van der Waals surface area contributed by atoms with Crippen LogP contribution >= 0.6 is 0 Å². The van der Waals surface area contributed by atoms with Gasteiger partial charge in [0.15, 0.2) is 0 Å². The van der Waals surface area contributed by atoms with Crippen molar-refractivity contribution in [1.82, 2.24) is 9.80 Å². The number of benzene rings is 1. The van der Waals surface area contributed by atoms with E-state index in [1.807, 2.05) is 18.2 Å². The highest BCUT2D eigenvalue weighted by Gasteiger charge is 2.44. The SMILES string of the molecule is CC1CCN(C(=O)CN2C(=O)[C@@H](C)N(c3ccccc3)C2=O)CC1. The molecule has 1 aromatic carbocycles. The minimum atomic E-state index is -0.589. The molecule has 0 N–H and O–H groups in total. The number of amides is 4. The number of anilines is 1. The van der Waals surface area contributed by atoms with Crippen molar-refractivity contribution in [2.45, 2.75) is 32.7 Å². The lowest BCUT2D eigenvalue weighted by atomic mass is 9.99. The van der Waals surface area contributed by atoms with Crippen LogP contribution in [-0.4, -0.2) is 53.3 Å². The average molecular weight is 329 g/mol. The zero-order valence-corrected chi connectivity index (χ0v) is 14.1. The van der Waals surface area contributed by atoms with Crippen molar-refractivity contribution in [3.05, 3.63) is 30.3 Å². The van der Waals surface area contributed by atoms with Gasteiger partial charge in [-0.2, -0.15) is 0 Å². The Kier molecular flexibility index (Phi) is 4.55. The van der Waals surface area contributed by atoms with Crippen LogP contribution in [0.4, 0.5) is 10.5 Å². The third-order valence-electron chi connectivity index (χ3n) is 4.91. The van der Waals surface area contributed by atoms with Crippen molar-refractivity contribution in [3.63, 3.8) is 0 Å². The Hall–Kier alpha value is -2.37. The normalized spacial score (nSPS) is 22.4. The van der Waals surface area contributed by atoms with Gasteiger partial charge in [0.1, 0.15) is 12.6 Å². The molecule has 0 radical (unpaired) electrons. The van der Waals surface area contributed by atoms with E-state index in [2.05, 4.69) is 6.92 Å². The lowest BCUT2D eigenvalue weighted by Crippen LogP contribution is -2.46. The number of para-hydroxylation sites is 1. The minimum Gasteiger partial charge on any atom is -0.341 e. The number of imide groups is 1. The van der Waals surface area contributed by atoms with E-state index in [9.17, 15) is 14.4 Å². The van der Waals surface area contributed by atoms with Crippen molar-refractivity contribution in [1.29, 1.82) is 0 Å². The standard InChI is InChI=1S/C18H23N3O3/c1-13-8-10-19(11-9-13)16(22)12-20-17(23)14(2)21(18(20)24)15-6-4-3-5-7-15/h3-7,13-14H,8-12H2,1-2H3/t14-/m1/s1. The second-order valence-corrected chi connectivity index (χ2v) is 6.65. The molecule has 2 fully saturated rings. The first-order chi connectivity index (χ1) is 11.5. The molecule has 0 aliphatic carbocycles. The zero-order chi connectivity index (χ0) is 17.3. The molecule has 0 aromatic heterocycles. The summed E-state index contributed by atoms with van der Waals surface area (Å²) in [6, 6.07) is 8.07. The zero-order valence-electron chi connectivity index (χ0n) is 14.1. The van der Waals surface area contributed by atoms with Crippen molar-refractivity contribution < 1.29 is 14.4 Å². The van der Waals surface area contributed by atoms with Crippen LogP contribution in [-0.2, 0) is 9.59 Å². The Morgan fingerprint density at radius 2 is 1.71 bits per heavy atom. The van der Waals surface area contributed by atoms with E-state index >= 15 is 0 Å². The summed E-state index contributed by atoms with van der Waals surface area (Å²) in [7, 11) is 0. The maximum absolute atomic E-state index is 12.7. The molecular weight excluding hydrogens is 306 g/mol. The molecule has 6 nitrogen and oxygen atoms in total. The van der Waals surface area contributed by atoms with E-state index in [1.54, 1.807) is 24.0 Å². The predicted molar refractivity (Wildman–Crippen MR) is 90.5 cm³/mol. The lowest BCUT2D eigenvalue weighted by molar-refractivity contribution is -0.138. The van der Waals surface area contributed by atoms with E-state index < -0.39 is 12.1 Å². The topological polar surface area (TPSA) is 60.9 Å². The van der Waals surface area contributed by atoms with Gasteiger partial charge in [-0.3, -0.25) is 19.4 Å². The number of nitrogens with zero attached hydrogens (tertiary/aromatic N) is 3. The maximum Gasteiger partial charge on any atom is 0.332 e. The molecule has 6 heteroatoms. The van der Waals surface area contributed by atoms with Crippen molar-refractivity contribution >= 4 is 23.5 Å². The van der Waals surface area contributed by atoms with Crippen LogP contribution in [0.2, 0.25) is 0 Å². The van der Waals surface area contributed by atoms with E-state index in [0.717, 1.165) is 17.7 Å². The summed E-state index contributed by atoms with van der Waals surface area (Å²) in [5.41, 5.74) is 0.671. The Labute approximate surface area is 142 Å². The first kappa shape index (κ1) is 16.5. The third-order valence-corrected chi connectivity index (χ3v) is 4.91. The van der Waals surface area contributed by atoms with Gasteiger partial charge < -0.3 is 4.90 Å². The number of piperidine rings is 1. The van der Waals surface area contributed by atoms with E-state index in [1.165, 1.54) is 4.90 Å². The van der Waals surface area contributed by atoms with Gasteiger partial charge in [-0.15, -0.1) is 0 Å². The fourth-order valence-corrected chi connectivity index (χ4v) is 3.29. The molecule has 2 aliphatic heterocycles. The first-order valence-corrected chi connectivity index (χ1v) is 8.46. The van der Waals surface area contributed by atoms with Gasteiger partial charge in [-0.05, 0) is 37.8 Å². The van der Waals surface area contributed by atoms with Gasteiger partial charge in [0.2, 0.25) is 5.91 Å². The molecule has 24 heavy (non-hydrogen) atoms. The molecule has 2 saturated heterocycles. The number of hydrogen-bond donors (Lipinski definition) is 0. The average Bonchev–Trinajstić information content (AvgIpc) is 2.80. The molecule has 128 valence electrons. The molecule has 1 aromatic rings. The fourth-order valence-electron chi connectivity index (χ4n) is 3.29. The van der Waals surface area contributed by atoms with Crippen molar-refractivity contribution in [3.8, 4) is 0 Å². The molecule has 2 heterocycles. The number of hydrogen-bond acceptors (Lipinski definition) is 3. The molecule has 0 bridgehead atoms. The van der Waals surface area contributed by atoms with E-state index in [4.69, 9.17) is 0 Å². The fraction of sp³-hybridized carbons (Fsp3) is 0.500. The summed E-state index contributed by atoms with van der Waals surface area (Å²) in [5.74, 6) is 0.158. The third kappa shape index (κ3) is 3.00. The Morgan fingerprint density at radius 1 is 1.08 bits per heavy atom. The summed E-state index contributed by atoms with van der Waals surface area (Å²) in [6.45, 7) is 5.11. The van der Waals surface area contributed by atoms with Crippen LogP contribution < -0.4 is 4.90 Å². The van der Waals surface area contributed by atoms with Crippen molar-refractivity contribution in [2.24, 2.45) is 5.92 Å². The summed E-state index contributed by atoms with van der Waals surface area (Å²) in [5, 5.41) is 0. The molecule has 2 aliphatic rings. The van der Waals surface area contributed by atoms with Gasteiger partial charge in [0, 0.05) is 18.8 Å². The Balaban J connectivity index is 1.71. The van der Waals surface area contributed by atoms with Gasteiger partial charge in [-0.1, -0.05) is 25.1 Å². The number of likely N-dealkylation sites (tertiary alicyclic amines) is 1. The Morgan fingerprint density at radius 3 is 2.33 bits per heavy atom. The number of urea groups is 1. The highest BCUT2D eigenvalue weighted by atomic mass is 16.2. The van der Waals surface area contributed by atoms with Crippen LogP contribution in [0.1, 0.15) is 26.7 Å². The van der Waals surface area contributed by atoms with Crippen LogP contribution in [0.5, 0.6) is 0 Å². The van der Waals surface area contributed by atoms with E-state index in [-0.39, 0.29) is 18.4 Å². The number of carbonyl (C=O) groups excluding carboxylic acids is 3. The quantitative estimate of drug-likeness (QED) is 0.798. The molecule has 0 saturated carbocycles. The second-order valence-electron chi connectivity index (χ2n) is 6.65. The highest BCUT2D eigenvalue weighted by Crippen LogP contribution is 2.25. The molecule has 0 spiro atoms. The van der Waals surface area contributed by atoms with Crippen LogP contribution in [0, 0.1) is 5.92 Å². The maximum atomic E-state index is 12.7. The van der Waals surface area contributed by atoms with Gasteiger partial charge in [0.05, 0.1) is 0 Å². The van der Waals surface area contributed by atoms with Gasteiger partial charge in [0.25, 0.3) is 5.91 Å². The predicted octanol–water partition coefficient (Wildman–Crippen LogP) is 2.10. The summed E-state index contributed by atoms with van der Waals surface area (Å²) in [4.78, 5) is 41.9. The van der Waals surface area contributed by atoms with Gasteiger partial charge in [-0.25, -0.2) is 4.79 Å². The molecule has 3 rings (SSSR count). The summed E-state index contributed by atoms with van der Waals surface area (Å²) < 4.78 is 0. The van der Waals surface area contributed by atoms with E-state index in [0.29, 0.717) is 24.7 Å². The molecule has 1 atom stereocenters. The first-order valence-electron chi connectivity index (χ1n) is 8.46. The number of rotatable bonds is 3. The molecular formula is C18H23N3O3. The monoisotopic (exact) mass is 329 g/mol. The molecule has 4 amide bonds. The summed E-state index contributed by atoms with van der Waals surface area (Å²) in [6.07, 6.45) is 1.94. The lowest BCUT2D eigenvalue weighted by Gasteiger charge is -2.31. The Bertz CT molecular complexity index is 638. The summed E-state index contributed by atoms with van der Waals surface area (Å²) >= 11 is 0. The largest absolute Gasteiger partial charge is 0.341 e. The smallest absolute Gasteiger partial charge is 0.332 e. The van der Waals surface area contributed by atoms with Gasteiger partial charge >= 0.3 is 6.03 Å². The van der Waals surface area contributed by atoms with Crippen molar-refractivity contribution in [2.75, 3.05) is 24.5 Å². The number of carbonyl (C=O) groups is 3.